The molecule has 1 atom stereocenters. The molecule has 7 heteroatoms. The zero-order chi connectivity index (χ0) is 12.7. The van der Waals surface area contributed by atoms with Gasteiger partial charge >= 0.3 is 0 Å². The van der Waals surface area contributed by atoms with Gasteiger partial charge in [-0.05, 0) is 42.4 Å². The molecule has 0 bridgehead atoms. The molecule has 3 heterocycles. The van der Waals surface area contributed by atoms with Crippen LogP contribution in [0.3, 0.4) is 0 Å². The van der Waals surface area contributed by atoms with Gasteiger partial charge in [-0.15, -0.1) is 10.2 Å². The molecule has 0 N–H and O–H groups in total. The molecular formula is C11H13BrClN5. The Morgan fingerprint density at radius 3 is 3.06 bits per heavy atom. The Kier molecular flexibility index (Phi) is 3.25. The number of piperidine rings is 1. The number of imidazole rings is 1. The molecule has 1 aliphatic heterocycles. The lowest BCUT2D eigenvalue weighted by Gasteiger charge is -2.30. The van der Waals surface area contributed by atoms with Crippen LogP contribution in [0.15, 0.2) is 10.8 Å². The molecule has 0 amide bonds. The van der Waals surface area contributed by atoms with Gasteiger partial charge in [0.25, 0.3) is 0 Å². The lowest BCUT2D eigenvalue weighted by atomic mass is 10.1. The van der Waals surface area contributed by atoms with Crippen LogP contribution in [0.2, 0.25) is 5.15 Å². The van der Waals surface area contributed by atoms with Gasteiger partial charge < -0.3 is 9.47 Å². The van der Waals surface area contributed by atoms with Gasteiger partial charge in [-0.3, -0.25) is 0 Å². The number of hydrogen-bond donors (Lipinski definition) is 0. The summed E-state index contributed by atoms with van der Waals surface area (Å²) in [6.07, 6.45) is 4.19. The number of halogens is 2. The van der Waals surface area contributed by atoms with E-state index in [9.17, 15) is 0 Å². The van der Waals surface area contributed by atoms with Crippen molar-refractivity contribution in [3.63, 3.8) is 0 Å². The van der Waals surface area contributed by atoms with Crippen LogP contribution in [0.5, 0.6) is 0 Å². The number of aromatic nitrogens is 4. The third-order valence-corrected chi connectivity index (χ3v) is 4.63. The SMILES string of the molecule is CN1CCC[C@@H](n2cnc3c(Br)c(Cl)nnc32)C1. The van der Waals surface area contributed by atoms with Crippen LogP contribution in [0.4, 0.5) is 0 Å². The predicted molar refractivity (Wildman–Crippen MR) is 73.8 cm³/mol. The van der Waals surface area contributed by atoms with E-state index in [1.165, 1.54) is 6.42 Å². The molecule has 1 aliphatic rings. The largest absolute Gasteiger partial charge is 0.309 e. The minimum absolute atomic E-state index is 0.355. The van der Waals surface area contributed by atoms with Gasteiger partial charge in [-0.25, -0.2) is 4.98 Å². The van der Waals surface area contributed by atoms with Gasteiger partial charge in [0.05, 0.1) is 10.8 Å². The summed E-state index contributed by atoms with van der Waals surface area (Å²) in [5.41, 5.74) is 1.58. The topological polar surface area (TPSA) is 46.8 Å². The maximum atomic E-state index is 5.93. The fraction of sp³-hybridized carbons (Fsp3) is 0.545. The van der Waals surface area contributed by atoms with E-state index in [1.807, 2.05) is 6.33 Å². The van der Waals surface area contributed by atoms with E-state index in [0.717, 1.165) is 35.1 Å². The molecule has 0 aliphatic carbocycles. The maximum Gasteiger partial charge on any atom is 0.184 e. The number of likely N-dealkylation sites (N-methyl/N-ethyl adjacent to an activating group) is 1. The second kappa shape index (κ2) is 4.75. The van der Waals surface area contributed by atoms with Crippen molar-refractivity contribution in [2.75, 3.05) is 20.1 Å². The summed E-state index contributed by atoms with van der Waals surface area (Å²) in [7, 11) is 2.14. The van der Waals surface area contributed by atoms with E-state index < -0.39 is 0 Å². The highest BCUT2D eigenvalue weighted by Crippen LogP contribution is 2.29. The highest BCUT2D eigenvalue weighted by Gasteiger charge is 2.22. The highest BCUT2D eigenvalue weighted by atomic mass is 79.9. The van der Waals surface area contributed by atoms with Crippen molar-refractivity contribution >= 4 is 38.7 Å². The third-order valence-electron chi connectivity index (χ3n) is 3.38. The molecule has 1 saturated heterocycles. The first kappa shape index (κ1) is 12.3. The predicted octanol–water partition coefficient (Wildman–Crippen LogP) is 2.51. The Hall–Kier alpha value is -0.720. The van der Waals surface area contributed by atoms with Crippen LogP contribution >= 0.6 is 27.5 Å². The zero-order valence-electron chi connectivity index (χ0n) is 9.98. The first-order chi connectivity index (χ1) is 8.66. The standard InChI is InChI=1S/C11H13BrClN5/c1-17-4-2-3-7(5-17)18-6-14-9-8(12)10(13)15-16-11(9)18/h6-7H,2-5H2,1H3/t7-/m1/s1. The van der Waals surface area contributed by atoms with E-state index in [1.54, 1.807) is 0 Å². The van der Waals surface area contributed by atoms with Gasteiger partial charge in [0.2, 0.25) is 0 Å². The van der Waals surface area contributed by atoms with Gasteiger partial charge in [0, 0.05) is 12.6 Å². The summed E-state index contributed by atoms with van der Waals surface area (Å²) in [5, 5.41) is 8.47. The normalized spacial score (nSPS) is 21.6. The zero-order valence-corrected chi connectivity index (χ0v) is 12.3. The Morgan fingerprint density at radius 1 is 1.44 bits per heavy atom. The van der Waals surface area contributed by atoms with Crippen LogP contribution in [0.1, 0.15) is 18.9 Å². The average Bonchev–Trinajstić information content (AvgIpc) is 2.78. The number of rotatable bonds is 1. The molecule has 0 radical (unpaired) electrons. The summed E-state index contributed by atoms with van der Waals surface area (Å²) >= 11 is 9.34. The van der Waals surface area contributed by atoms with E-state index in [-0.39, 0.29) is 0 Å². The quantitative estimate of drug-likeness (QED) is 0.806. The number of hydrogen-bond acceptors (Lipinski definition) is 4. The van der Waals surface area contributed by atoms with Crippen molar-refractivity contribution in [2.24, 2.45) is 0 Å². The van der Waals surface area contributed by atoms with E-state index >= 15 is 0 Å². The molecule has 2 aromatic heterocycles. The Morgan fingerprint density at radius 2 is 2.28 bits per heavy atom. The molecule has 0 unspecified atom stereocenters. The smallest absolute Gasteiger partial charge is 0.184 e. The molecule has 1 fully saturated rings. The van der Waals surface area contributed by atoms with Crippen molar-refractivity contribution in [2.45, 2.75) is 18.9 Å². The molecule has 2 aromatic rings. The van der Waals surface area contributed by atoms with Gasteiger partial charge in [0.15, 0.2) is 10.8 Å². The van der Waals surface area contributed by atoms with Crippen LogP contribution in [0, 0.1) is 0 Å². The number of likely N-dealkylation sites (tertiary alicyclic amines) is 1. The Bertz CT molecular complexity index is 584. The van der Waals surface area contributed by atoms with E-state index in [2.05, 4.69) is 47.6 Å². The molecule has 3 rings (SSSR count). The first-order valence-electron chi connectivity index (χ1n) is 5.89. The minimum atomic E-state index is 0.355. The van der Waals surface area contributed by atoms with Gasteiger partial charge in [-0.1, -0.05) is 11.6 Å². The summed E-state index contributed by atoms with van der Waals surface area (Å²) < 4.78 is 2.83. The van der Waals surface area contributed by atoms with Gasteiger partial charge in [-0.2, -0.15) is 0 Å². The second-order valence-electron chi connectivity index (χ2n) is 4.69. The summed E-state index contributed by atoms with van der Waals surface area (Å²) in [6.45, 7) is 2.18. The molecule has 0 aromatic carbocycles. The van der Waals surface area contributed by atoms with Crippen molar-refractivity contribution < 1.29 is 0 Å². The van der Waals surface area contributed by atoms with Crippen molar-refractivity contribution in [1.82, 2.24) is 24.6 Å². The summed E-state index contributed by atoms with van der Waals surface area (Å²) in [5.74, 6) is 0. The molecule has 5 nitrogen and oxygen atoms in total. The molecule has 0 spiro atoms. The first-order valence-corrected chi connectivity index (χ1v) is 7.06. The molecule has 0 saturated carbocycles. The Labute approximate surface area is 118 Å². The molecular weight excluding hydrogens is 318 g/mol. The molecule has 96 valence electrons. The van der Waals surface area contributed by atoms with E-state index in [4.69, 9.17) is 11.6 Å². The summed E-state index contributed by atoms with van der Waals surface area (Å²) in [4.78, 5) is 6.72. The lowest BCUT2D eigenvalue weighted by molar-refractivity contribution is 0.214. The average molecular weight is 331 g/mol. The number of nitrogens with zero attached hydrogens (tertiary/aromatic N) is 5. The third kappa shape index (κ3) is 2.02. The lowest BCUT2D eigenvalue weighted by Crippen LogP contribution is -2.33. The van der Waals surface area contributed by atoms with Crippen molar-refractivity contribution in [3.8, 4) is 0 Å². The number of fused-ring (bicyclic) bond motifs is 1. The highest BCUT2D eigenvalue weighted by molar-refractivity contribution is 9.10. The minimum Gasteiger partial charge on any atom is -0.309 e. The molecule has 18 heavy (non-hydrogen) atoms. The fourth-order valence-corrected chi connectivity index (χ4v) is 2.96. The fourth-order valence-electron chi connectivity index (χ4n) is 2.47. The van der Waals surface area contributed by atoms with E-state index in [0.29, 0.717) is 11.2 Å². The van der Waals surface area contributed by atoms with Crippen molar-refractivity contribution in [1.29, 1.82) is 0 Å². The second-order valence-corrected chi connectivity index (χ2v) is 5.84. The van der Waals surface area contributed by atoms with Crippen LogP contribution < -0.4 is 0 Å². The van der Waals surface area contributed by atoms with Gasteiger partial charge in [0.1, 0.15) is 5.52 Å². The Balaban J connectivity index is 2.05. The van der Waals surface area contributed by atoms with Crippen LogP contribution in [0.25, 0.3) is 11.2 Å². The van der Waals surface area contributed by atoms with Crippen LogP contribution in [-0.4, -0.2) is 44.8 Å². The van der Waals surface area contributed by atoms with Crippen LogP contribution in [-0.2, 0) is 0 Å². The monoisotopic (exact) mass is 329 g/mol. The maximum absolute atomic E-state index is 5.93. The summed E-state index contributed by atoms with van der Waals surface area (Å²) in [6, 6.07) is 0.413. The van der Waals surface area contributed by atoms with Crippen molar-refractivity contribution in [3.05, 3.63) is 16.0 Å².